The Hall–Kier alpha value is -0.600. The second kappa shape index (κ2) is 5.60. The van der Waals surface area contributed by atoms with Crippen LogP contribution < -0.4 is 0 Å². The fourth-order valence-corrected chi connectivity index (χ4v) is 8.33. The average Bonchev–Trinajstić information content (AvgIpc) is 3.39. The molecule has 1 heterocycles. The van der Waals surface area contributed by atoms with Gasteiger partial charge in [-0.2, -0.15) is 0 Å². The van der Waals surface area contributed by atoms with E-state index in [1.54, 1.807) is 13.8 Å². The van der Waals surface area contributed by atoms with Crippen LogP contribution in [0.1, 0.15) is 52.4 Å². The van der Waals surface area contributed by atoms with Gasteiger partial charge in [-0.15, -0.1) is 11.6 Å². The summed E-state index contributed by atoms with van der Waals surface area (Å²) in [7, 11) is 0. The number of fused-ring (bicyclic) bond motifs is 4. The van der Waals surface area contributed by atoms with Crippen LogP contribution in [0.25, 0.3) is 0 Å². The smallest absolute Gasteiger partial charge is 0.182 e. The molecule has 0 amide bonds. The van der Waals surface area contributed by atoms with Gasteiger partial charge in [-0.3, -0.25) is 9.59 Å². The first kappa shape index (κ1) is 20.3. The highest BCUT2D eigenvalue weighted by molar-refractivity contribution is 6.29. The Morgan fingerprint density at radius 1 is 1.24 bits per heavy atom. The monoisotopic (exact) mass is 430 g/mol. The molecular weight excluding hydrogens is 403 g/mol. The molecule has 3 N–H and O–H groups in total. The summed E-state index contributed by atoms with van der Waals surface area (Å²) < 4.78 is 22.9. The Kier molecular flexibility index (Phi) is 3.92. The zero-order chi connectivity index (χ0) is 21.2. The van der Waals surface area contributed by atoms with E-state index in [0.29, 0.717) is 19.3 Å². The fraction of sp³-hybridized carbons (Fsp3) is 0.905. The topological polar surface area (TPSA) is 107 Å². The van der Waals surface area contributed by atoms with Gasteiger partial charge in [0.25, 0.3) is 0 Å². The van der Waals surface area contributed by atoms with E-state index in [1.807, 2.05) is 0 Å². The van der Waals surface area contributed by atoms with Crippen LogP contribution in [0.4, 0.5) is 4.39 Å². The first-order valence-electron chi connectivity index (χ1n) is 10.5. The third-order valence-corrected chi connectivity index (χ3v) is 10.0. The summed E-state index contributed by atoms with van der Waals surface area (Å²) in [5.41, 5.74) is -7.24. The summed E-state index contributed by atoms with van der Waals surface area (Å²) >= 11 is 5.73. The normalized spacial score (nSPS) is 60.7. The summed E-state index contributed by atoms with van der Waals surface area (Å²) in [5.74, 6) is -2.31. The summed E-state index contributed by atoms with van der Waals surface area (Å²) in [6.07, 6.45) is -2.13. The largest absolute Gasteiger partial charge is 0.390 e. The van der Waals surface area contributed by atoms with Crippen LogP contribution in [0.15, 0.2) is 0 Å². The van der Waals surface area contributed by atoms with Gasteiger partial charge in [0.2, 0.25) is 0 Å². The lowest BCUT2D eigenvalue weighted by atomic mass is 9.41. The molecule has 5 aliphatic rings. The molecule has 2 unspecified atom stereocenters. The molecular formula is C21H28ClFO6. The van der Waals surface area contributed by atoms with E-state index >= 15 is 4.39 Å². The Morgan fingerprint density at radius 3 is 2.59 bits per heavy atom. The second-order valence-corrected chi connectivity index (χ2v) is 10.7. The molecule has 1 spiro atoms. The average molecular weight is 431 g/mol. The maximum absolute atomic E-state index is 17.1. The summed E-state index contributed by atoms with van der Waals surface area (Å²) in [6, 6.07) is 0. The van der Waals surface area contributed by atoms with Crippen molar-refractivity contribution < 1.29 is 34.0 Å². The molecule has 4 saturated carbocycles. The van der Waals surface area contributed by atoms with Crippen molar-refractivity contribution >= 4 is 23.2 Å². The zero-order valence-corrected chi connectivity index (χ0v) is 17.4. The minimum absolute atomic E-state index is 0.00182. The van der Waals surface area contributed by atoms with Crippen LogP contribution in [0.5, 0.6) is 0 Å². The van der Waals surface area contributed by atoms with E-state index in [-0.39, 0.29) is 25.0 Å². The number of epoxide rings is 1. The second-order valence-electron chi connectivity index (χ2n) is 10.4. The molecule has 6 nitrogen and oxygen atoms in total. The van der Waals surface area contributed by atoms with E-state index in [2.05, 4.69) is 0 Å². The van der Waals surface area contributed by atoms with E-state index < -0.39 is 69.5 Å². The van der Waals surface area contributed by atoms with E-state index in [9.17, 15) is 24.9 Å². The molecule has 29 heavy (non-hydrogen) atoms. The molecule has 1 saturated heterocycles. The molecule has 5 rings (SSSR count). The van der Waals surface area contributed by atoms with Crippen LogP contribution in [-0.4, -0.2) is 67.9 Å². The highest BCUT2D eigenvalue weighted by Crippen LogP contribution is 2.75. The first-order valence-corrected chi connectivity index (χ1v) is 11.0. The van der Waals surface area contributed by atoms with Gasteiger partial charge in [0.1, 0.15) is 17.4 Å². The van der Waals surface area contributed by atoms with Crippen molar-refractivity contribution in [1.29, 1.82) is 0 Å². The summed E-state index contributed by atoms with van der Waals surface area (Å²) in [5, 5.41) is 33.2. The van der Waals surface area contributed by atoms with Crippen LogP contribution in [0.3, 0.4) is 0 Å². The number of ether oxygens (including phenoxy) is 1. The van der Waals surface area contributed by atoms with Gasteiger partial charge in [-0.05, 0) is 43.9 Å². The number of halogens is 2. The number of aliphatic hydroxyl groups is 3. The van der Waals surface area contributed by atoms with Crippen molar-refractivity contribution in [2.24, 2.45) is 22.7 Å². The van der Waals surface area contributed by atoms with Gasteiger partial charge in [0.05, 0.1) is 18.1 Å². The van der Waals surface area contributed by atoms with Gasteiger partial charge in [0, 0.05) is 17.3 Å². The number of Topliss-reactive ketones (excluding diaryl/α,β-unsaturated/α-hetero) is 2. The van der Waals surface area contributed by atoms with Crippen molar-refractivity contribution in [2.45, 2.75) is 87.6 Å². The van der Waals surface area contributed by atoms with Crippen LogP contribution >= 0.6 is 11.6 Å². The highest BCUT2D eigenvalue weighted by atomic mass is 35.5. The van der Waals surface area contributed by atoms with E-state index in [1.165, 1.54) is 0 Å². The van der Waals surface area contributed by atoms with Gasteiger partial charge in [0.15, 0.2) is 17.2 Å². The first-order chi connectivity index (χ1) is 13.4. The minimum Gasteiger partial charge on any atom is -0.390 e. The lowest BCUT2D eigenvalue weighted by molar-refractivity contribution is -0.256. The van der Waals surface area contributed by atoms with Crippen molar-refractivity contribution in [3.63, 3.8) is 0 Å². The zero-order valence-electron chi connectivity index (χ0n) is 16.7. The number of hydrogen-bond donors (Lipinski definition) is 3. The van der Waals surface area contributed by atoms with Crippen molar-refractivity contribution in [3.05, 3.63) is 0 Å². The quantitative estimate of drug-likeness (QED) is 0.450. The van der Waals surface area contributed by atoms with Gasteiger partial charge >= 0.3 is 0 Å². The number of aliphatic hydroxyl groups excluding tert-OH is 2. The van der Waals surface area contributed by atoms with Gasteiger partial charge in [-0.25, -0.2) is 4.39 Å². The summed E-state index contributed by atoms with van der Waals surface area (Å²) in [6.45, 7) is 3.44. The lowest BCUT2D eigenvalue weighted by Crippen LogP contribution is -2.73. The molecule has 4 aliphatic carbocycles. The molecule has 10 atom stereocenters. The van der Waals surface area contributed by atoms with Crippen LogP contribution in [0.2, 0.25) is 0 Å². The maximum Gasteiger partial charge on any atom is 0.182 e. The molecule has 0 aromatic rings. The SMILES string of the molecule is C[C@]12C[C@H](O)C3(F)[C@@H](CC[C@]45OC4C(=O)CC[C@]35C)[C@@H]1C[C@@H](O)[C@]2(O)C(=O)CCl. The Balaban J connectivity index is 1.61. The van der Waals surface area contributed by atoms with Crippen molar-refractivity contribution in [2.75, 3.05) is 5.88 Å². The Bertz CT molecular complexity index is 808. The number of rotatable bonds is 2. The Morgan fingerprint density at radius 2 is 1.93 bits per heavy atom. The number of alkyl halides is 2. The fourth-order valence-electron chi connectivity index (χ4n) is 8.12. The number of ketones is 2. The third kappa shape index (κ3) is 1.90. The van der Waals surface area contributed by atoms with E-state index in [0.717, 1.165) is 0 Å². The third-order valence-electron chi connectivity index (χ3n) is 9.79. The predicted octanol–water partition coefficient (Wildman–Crippen LogP) is 1.30. The van der Waals surface area contributed by atoms with Crippen LogP contribution in [0, 0.1) is 22.7 Å². The molecule has 1 aliphatic heterocycles. The molecule has 0 aromatic carbocycles. The molecule has 0 bridgehead atoms. The van der Waals surface area contributed by atoms with E-state index in [4.69, 9.17) is 16.3 Å². The van der Waals surface area contributed by atoms with Crippen molar-refractivity contribution in [1.82, 2.24) is 0 Å². The standard InChI is InChI=1S/C21H28ClFO6/c1-17-8-14(26)20(23)10(11(17)7-13(25)21(17,28)15(27)9-22)3-6-19-16(29-19)12(24)4-5-18(19,20)2/h10-11,13-14,16,25-26,28H,3-9H2,1-2H3/t10-,11-,13+,14-,16?,17-,18-,19-,20?,21-/m0/s1. The van der Waals surface area contributed by atoms with Gasteiger partial charge in [-0.1, -0.05) is 13.8 Å². The molecule has 0 radical (unpaired) electrons. The molecule has 162 valence electrons. The molecule has 0 aromatic heterocycles. The predicted molar refractivity (Wildman–Crippen MR) is 100 cm³/mol. The summed E-state index contributed by atoms with van der Waals surface area (Å²) in [4.78, 5) is 24.8. The van der Waals surface area contributed by atoms with Crippen molar-refractivity contribution in [3.8, 4) is 0 Å². The Labute approximate surface area is 173 Å². The lowest BCUT2D eigenvalue weighted by Gasteiger charge is -2.64. The minimum atomic E-state index is -2.11. The van der Waals surface area contributed by atoms with Gasteiger partial charge < -0.3 is 20.1 Å². The van der Waals surface area contributed by atoms with Crippen LogP contribution in [-0.2, 0) is 14.3 Å². The number of carbonyl (C=O) groups is 2. The molecule has 5 fully saturated rings. The number of carbonyl (C=O) groups excluding carboxylic acids is 2. The number of hydrogen-bond acceptors (Lipinski definition) is 6. The maximum atomic E-state index is 17.1. The molecule has 8 heteroatoms. The highest BCUT2D eigenvalue weighted by Gasteiger charge is 2.85.